The number of hydrogen-bond acceptors (Lipinski definition) is 3. The van der Waals surface area contributed by atoms with Gasteiger partial charge in [0, 0.05) is 5.56 Å². The molecule has 0 amide bonds. The minimum atomic E-state index is -0.973. The van der Waals surface area contributed by atoms with Crippen LogP contribution in [0.25, 0.3) is 0 Å². The van der Waals surface area contributed by atoms with Crippen molar-refractivity contribution in [2.45, 2.75) is 19.8 Å². The molecule has 0 saturated heterocycles. The highest BCUT2D eigenvalue weighted by atomic mass is 16.5. The first-order chi connectivity index (χ1) is 7.07. The molecule has 1 atom stereocenters. The lowest BCUT2D eigenvalue weighted by atomic mass is 10.00. The summed E-state index contributed by atoms with van der Waals surface area (Å²) in [5.74, 6) is -1.48. The fourth-order valence-electron chi connectivity index (χ4n) is 1.29. The molecule has 0 heterocycles. The summed E-state index contributed by atoms with van der Waals surface area (Å²) < 4.78 is 5.16. The van der Waals surface area contributed by atoms with Crippen molar-refractivity contribution in [1.82, 2.24) is 0 Å². The van der Waals surface area contributed by atoms with Crippen LogP contribution in [-0.2, 0) is 4.79 Å². The van der Waals surface area contributed by atoms with Crippen LogP contribution in [0, 0.1) is 0 Å². The number of para-hydroxylation sites is 1. The summed E-state index contributed by atoms with van der Waals surface area (Å²) in [6.45, 7) is 3.75. The van der Waals surface area contributed by atoms with Gasteiger partial charge in [-0.25, -0.2) is 0 Å². The van der Waals surface area contributed by atoms with Gasteiger partial charge in [-0.1, -0.05) is 12.1 Å². The van der Waals surface area contributed by atoms with Crippen LogP contribution in [0.2, 0.25) is 0 Å². The van der Waals surface area contributed by atoms with Crippen molar-refractivity contribution < 1.29 is 19.7 Å². The van der Waals surface area contributed by atoms with Crippen LogP contribution in [0.5, 0.6) is 11.5 Å². The number of carboxylic acid groups (broad SMARTS) is 1. The molecule has 1 unspecified atom stereocenters. The number of ether oxygens (including phenoxy) is 1. The lowest BCUT2D eigenvalue weighted by molar-refractivity contribution is -0.138. The van der Waals surface area contributed by atoms with Crippen molar-refractivity contribution in [1.29, 1.82) is 0 Å². The maximum absolute atomic E-state index is 10.8. The summed E-state index contributed by atoms with van der Waals surface area (Å²) in [6.07, 6.45) is 0. The number of benzene rings is 1. The molecule has 4 heteroatoms. The normalized spacial score (nSPS) is 12.1. The Morgan fingerprint density at radius 1 is 1.53 bits per heavy atom. The van der Waals surface area contributed by atoms with Crippen LogP contribution < -0.4 is 4.74 Å². The van der Waals surface area contributed by atoms with E-state index in [1.165, 1.54) is 6.92 Å². The van der Waals surface area contributed by atoms with Crippen molar-refractivity contribution in [3.05, 3.63) is 23.8 Å². The second kappa shape index (κ2) is 4.68. The molecule has 0 aliphatic rings. The summed E-state index contributed by atoms with van der Waals surface area (Å²) in [5.41, 5.74) is 0.369. The monoisotopic (exact) mass is 210 g/mol. The number of rotatable bonds is 4. The van der Waals surface area contributed by atoms with Gasteiger partial charge in [0.15, 0.2) is 11.5 Å². The van der Waals surface area contributed by atoms with Gasteiger partial charge in [-0.15, -0.1) is 0 Å². The predicted molar refractivity (Wildman–Crippen MR) is 55.3 cm³/mol. The Bertz CT molecular complexity index is 360. The molecule has 1 aromatic carbocycles. The molecule has 15 heavy (non-hydrogen) atoms. The molecule has 0 aromatic heterocycles. The molecule has 0 spiro atoms. The van der Waals surface area contributed by atoms with Gasteiger partial charge in [-0.3, -0.25) is 4.79 Å². The summed E-state index contributed by atoms with van der Waals surface area (Å²) in [6, 6.07) is 4.85. The number of carbonyl (C=O) groups is 1. The number of carboxylic acids is 1. The number of phenols is 1. The van der Waals surface area contributed by atoms with Gasteiger partial charge in [0.05, 0.1) is 12.5 Å². The van der Waals surface area contributed by atoms with Crippen LogP contribution in [0.15, 0.2) is 18.2 Å². The molecule has 0 bridgehead atoms. The van der Waals surface area contributed by atoms with Gasteiger partial charge < -0.3 is 14.9 Å². The van der Waals surface area contributed by atoms with Gasteiger partial charge in [-0.2, -0.15) is 0 Å². The van der Waals surface area contributed by atoms with Gasteiger partial charge in [0.25, 0.3) is 0 Å². The predicted octanol–water partition coefficient (Wildman–Crippen LogP) is 1.98. The van der Waals surface area contributed by atoms with Crippen molar-refractivity contribution >= 4 is 5.97 Å². The first kappa shape index (κ1) is 11.4. The third kappa shape index (κ3) is 2.40. The molecule has 0 saturated carbocycles. The fraction of sp³-hybridized carbons (Fsp3) is 0.364. The number of aliphatic carboxylic acids is 1. The SMILES string of the molecule is CCOc1cccc(C(C)C(=O)O)c1O. The second-order valence-electron chi connectivity index (χ2n) is 3.19. The molecule has 2 N–H and O–H groups in total. The van der Waals surface area contributed by atoms with Crippen LogP contribution in [0.4, 0.5) is 0 Å². The first-order valence-corrected chi connectivity index (χ1v) is 4.75. The van der Waals surface area contributed by atoms with Crippen molar-refractivity contribution in [3.63, 3.8) is 0 Å². The Kier molecular flexibility index (Phi) is 3.55. The summed E-state index contributed by atoms with van der Waals surface area (Å²) in [4.78, 5) is 10.8. The summed E-state index contributed by atoms with van der Waals surface area (Å²) in [5, 5.41) is 18.6. The van der Waals surface area contributed by atoms with E-state index in [4.69, 9.17) is 9.84 Å². The minimum Gasteiger partial charge on any atom is -0.504 e. The van der Waals surface area contributed by atoms with Crippen LogP contribution >= 0.6 is 0 Å². The van der Waals surface area contributed by atoms with Crippen LogP contribution in [0.1, 0.15) is 25.3 Å². The van der Waals surface area contributed by atoms with E-state index in [0.29, 0.717) is 17.9 Å². The molecule has 4 nitrogen and oxygen atoms in total. The Labute approximate surface area is 88.1 Å². The van der Waals surface area contributed by atoms with E-state index in [1.54, 1.807) is 25.1 Å². The lowest BCUT2D eigenvalue weighted by Gasteiger charge is -2.12. The molecule has 0 radical (unpaired) electrons. The van der Waals surface area contributed by atoms with Gasteiger partial charge >= 0.3 is 5.97 Å². The van der Waals surface area contributed by atoms with E-state index in [1.807, 2.05) is 0 Å². The van der Waals surface area contributed by atoms with E-state index in [-0.39, 0.29) is 5.75 Å². The third-order valence-corrected chi connectivity index (χ3v) is 2.17. The second-order valence-corrected chi connectivity index (χ2v) is 3.19. The Balaban J connectivity index is 3.08. The molecule has 1 rings (SSSR count). The highest BCUT2D eigenvalue weighted by molar-refractivity contribution is 5.77. The topological polar surface area (TPSA) is 66.8 Å². The Morgan fingerprint density at radius 2 is 2.20 bits per heavy atom. The van der Waals surface area contributed by atoms with Gasteiger partial charge in [0.1, 0.15) is 0 Å². The lowest BCUT2D eigenvalue weighted by Crippen LogP contribution is -2.08. The number of hydrogen-bond donors (Lipinski definition) is 2. The summed E-state index contributed by atoms with van der Waals surface area (Å²) >= 11 is 0. The van der Waals surface area contributed by atoms with E-state index in [2.05, 4.69) is 0 Å². The van der Waals surface area contributed by atoms with Crippen LogP contribution in [-0.4, -0.2) is 22.8 Å². The quantitative estimate of drug-likeness (QED) is 0.797. The van der Waals surface area contributed by atoms with Crippen LogP contribution in [0.3, 0.4) is 0 Å². The highest BCUT2D eigenvalue weighted by Crippen LogP contribution is 2.34. The maximum Gasteiger partial charge on any atom is 0.310 e. The zero-order chi connectivity index (χ0) is 11.4. The average molecular weight is 210 g/mol. The Hall–Kier alpha value is -1.71. The Morgan fingerprint density at radius 3 is 2.73 bits per heavy atom. The van der Waals surface area contributed by atoms with Gasteiger partial charge in [-0.05, 0) is 19.9 Å². The molecule has 0 fully saturated rings. The van der Waals surface area contributed by atoms with E-state index in [9.17, 15) is 9.90 Å². The third-order valence-electron chi connectivity index (χ3n) is 2.17. The van der Waals surface area contributed by atoms with Crippen molar-refractivity contribution in [3.8, 4) is 11.5 Å². The van der Waals surface area contributed by atoms with E-state index < -0.39 is 11.9 Å². The minimum absolute atomic E-state index is 0.0887. The molecule has 0 aliphatic carbocycles. The molecule has 82 valence electrons. The van der Waals surface area contributed by atoms with Gasteiger partial charge in [0.2, 0.25) is 0 Å². The van der Waals surface area contributed by atoms with Crippen molar-refractivity contribution in [2.75, 3.05) is 6.61 Å². The van der Waals surface area contributed by atoms with Crippen molar-refractivity contribution in [2.24, 2.45) is 0 Å². The number of aromatic hydroxyl groups is 1. The standard InChI is InChI=1S/C11H14O4/c1-3-15-9-6-4-5-8(10(9)12)7(2)11(13)14/h4-7,12H,3H2,1-2H3,(H,13,14). The molecular formula is C11H14O4. The maximum atomic E-state index is 10.8. The highest BCUT2D eigenvalue weighted by Gasteiger charge is 2.19. The first-order valence-electron chi connectivity index (χ1n) is 4.75. The summed E-state index contributed by atoms with van der Waals surface area (Å²) in [7, 11) is 0. The fourth-order valence-corrected chi connectivity index (χ4v) is 1.29. The zero-order valence-electron chi connectivity index (χ0n) is 8.73. The van der Waals surface area contributed by atoms with E-state index >= 15 is 0 Å². The van der Waals surface area contributed by atoms with E-state index in [0.717, 1.165) is 0 Å². The largest absolute Gasteiger partial charge is 0.504 e. The molecule has 1 aromatic rings. The number of phenolic OH excluding ortho intramolecular Hbond substituents is 1. The molecular weight excluding hydrogens is 196 g/mol. The molecule has 0 aliphatic heterocycles. The zero-order valence-corrected chi connectivity index (χ0v) is 8.73. The smallest absolute Gasteiger partial charge is 0.310 e. The average Bonchev–Trinajstić information content (AvgIpc) is 2.20.